The summed E-state index contributed by atoms with van der Waals surface area (Å²) >= 11 is 0. The van der Waals surface area contributed by atoms with Crippen molar-refractivity contribution in [2.24, 2.45) is 7.05 Å². The Morgan fingerprint density at radius 2 is 1.93 bits per heavy atom. The highest BCUT2D eigenvalue weighted by Gasteiger charge is 2.23. The quantitative estimate of drug-likeness (QED) is 0.687. The van der Waals surface area contributed by atoms with E-state index in [2.05, 4.69) is 44.1 Å². The molecule has 2 aromatic carbocycles. The van der Waals surface area contributed by atoms with Gasteiger partial charge >= 0.3 is 0 Å². The van der Waals surface area contributed by atoms with Crippen LogP contribution in [0, 0.1) is 0 Å². The fourth-order valence-electron chi connectivity index (χ4n) is 3.90. The van der Waals surface area contributed by atoms with Crippen LogP contribution in [0.5, 0.6) is 0 Å². The molecular weight excluding hydrogens is 374 g/mol. The minimum atomic E-state index is -3.63. The lowest BCUT2D eigenvalue weighted by Crippen LogP contribution is -2.40. The maximum atomic E-state index is 12.8. The van der Waals surface area contributed by atoms with Crippen molar-refractivity contribution in [3.63, 3.8) is 0 Å². The Balaban J connectivity index is 1.39. The van der Waals surface area contributed by atoms with Gasteiger partial charge in [-0.3, -0.25) is 0 Å². The van der Waals surface area contributed by atoms with E-state index in [1.54, 1.807) is 25.2 Å². The van der Waals surface area contributed by atoms with Gasteiger partial charge in [-0.05, 0) is 43.0 Å². The number of nitrogens with one attached hydrogen (secondary N) is 1. The zero-order valence-corrected chi connectivity index (χ0v) is 16.8. The maximum absolute atomic E-state index is 12.8. The molecule has 3 aromatic rings. The van der Waals surface area contributed by atoms with E-state index in [-0.39, 0.29) is 4.90 Å². The highest BCUT2D eigenvalue weighted by atomic mass is 32.2. The molecule has 1 N–H and O–H groups in total. The molecule has 0 bridgehead atoms. The van der Waals surface area contributed by atoms with Gasteiger partial charge < -0.3 is 4.90 Å². The fraction of sp³-hybridized carbons (Fsp3) is 0.400. The average molecular weight is 400 g/mol. The lowest BCUT2D eigenvalue weighted by Gasteiger charge is -2.33. The third-order valence-electron chi connectivity index (χ3n) is 5.26. The Morgan fingerprint density at radius 3 is 2.75 bits per heavy atom. The summed E-state index contributed by atoms with van der Waals surface area (Å²) in [4.78, 5) is 3.91. The molecule has 7 nitrogen and oxygen atoms in total. The number of aryl methyl sites for hydroxylation is 1. The Bertz CT molecular complexity index is 1050. The summed E-state index contributed by atoms with van der Waals surface area (Å²) in [5.74, 6) is 0.514. The summed E-state index contributed by atoms with van der Waals surface area (Å²) in [5, 5.41) is 8.38. The third kappa shape index (κ3) is 4.09. The van der Waals surface area contributed by atoms with Crippen LogP contribution in [0.15, 0.2) is 53.4 Å². The van der Waals surface area contributed by atoms with Crippen LogP contribution in [-0.2, 0) is 17.1 Å². The van der Waals surface area contributed by atoms with Crippen LogP contribution in [0.2, 0.25) is 0 Å². The number of aromatic nitrogens is 3. The predicted molar refractivity (Wildman–Crippen MR) is 109 cm³/mol. The number of rotatable bonds is 6. The summed E-state index contributed by atoms with van der Waals surface area (Å²) in [6.45, 7) is 3.04. The van der Waals surface area contributed by atoms with E-state index < -0.39 is 10.0 Å². The van der Waals surface area contributed by atoms with Gasteiger partial charge in [-0.25, -0.2) is 13.1 Å². The van der Waals surface area contributed by atoms with Crippen LogP contribution in [0.25, 0.3) is 11.0 Å². The molecule has 0 radical (unpaired) electrons. The van der Waals surface area contributed by atoms with E-state index in [0.717, 1.165) is 19.5 Å². The zero-order valence-electron chi connectivity index (χ0n) is 16.0. The first-order chi connectivity index (χ1) is 13.5. The van der Waals surface area contributed by atoms with Crippen LogP contribution >= 0.6 is 0 Å². The van der Waals surface area contributed by atoms with Crippen molar-refractivity contribution in [2.75, 3.05) is 26.2 Å². The fourth-order valence-corrected chi connectivity index (χ4v) is 5.08. The highest BCUT2D eigenvalue weighted by Crippen LogP contribution is 2.26. The van der Waals surface area contributed by atoms with Crippen molar-refractivity contribution >= 4 is 21.1 Å². The molecule has 28 heavy (non-hydrogen) atoms. The van der Waals surface area contributed by atoms with Crippen molar-refractivity contribution < 1.29 is 8.42 Å². The van der Waals surface area contributed by atoms with Crippen LogP contribution in [0.3, 0.4) is 0 Å². The van der Waals surface area contributed by atoms with Gasteiger partial charge in [0.2, 0.25) is 10.0 Å². The number of hydrogen-bond donors (Lipinski definition) is 1. The summed E-state index contributed by atoms with van der Waals surface area (Å²) in [6, 6.07) is 15.6. The minimum Gasteiger partial charge on any atom is -0.301 e. The van der Waals surface area contributed by atoms with E-state index in [1.807, 2.05) is 6.07 Å². The maximum Gasteiger partial charge on any atom is 0.242 e. The van der Waals surface area contributed by atoms with Crippen LogP contribution in [0.1, 0.15) is 24.3 Å². The second kappa shape index (κ2) is 7.98. The van der Waals surface area contributed by atoms with Crippen LogP contribution < -0.4 is 4.72 Å². The minimum absolute atomic E-state index is 0.180. The molecule has 1 fully saturated rings. The van der Waals surface area contributed by atoms with Gasteiger partial charge in [0.25, 0.3) is 0 Å². The summed E-state index contributed by atoms with van der Waals surface area (Å²) in [6.07, 6.45) is 2.31. The van der Waals surface area contributed by atoms with Crippen molar-refractivity contribution in [3.05, 3.63) is 54.1 Å². The van der Waals surface area contributed by atoms with E-state index >= 15 is 0 Å². The molecule has 1 atom stereocenters. The monoisotopic (exact) mass is 399 g/mol. The largest absolute Gasteiger partial charge is 0.301 e. The number of benzene rings is 2. The van der Waals surface area contributed by atoms with Crippen molar-refractivity contribution in [2.45, 2.75) is 23.7 Å². The van der Waals surface area contributed by atoms with Crippen molar-refractivity contribution in [1.29, 1.82) is 0 Å². The smallest absolute Gasteiger partial charge is 0.242 e. The van der Waals surface area contributed by atoms with Gasteiger partial charge in [0.15, 0.2) is 0 Å². The van der Waals surface area contributed by atoms with Crippen molar-refractivity contribution in [1.82, 2.24) is 24.6 Å². The summed E-state index contributed by atoms with van der Waals surface area (Å²) < 4.78 is 28.3. The molecule has 148 valence electrons. The molecule has 0 saturated carbocycles. The molecule has 0 unspecified atom stereocenters. The second-order valence-corrected chi connectivity index (χ2v) is 9.00. The SMILES string of the molecule is Cn1nc2cccc(S(=O)(=O)NCCN3CCC[C@H](c4ccccc4)C3)c2n1. The number of nitrogens with zero attached hydrogens (tertiary/aromatic N) is 4. The topological polar surface area (TPSA) is 80.1 Å². The van der Waals surface area contributed by atoms with E-state index in [4.69, 9.17) is 0 Å². The van der Waals surface area contributed by atoms with Crippen LogP contribution in [0.4, 0.5) is 0 Å². The number of hydrogen-bond acceptors (Lipinski definition) is 5. The molecule has 8 heteroatoms. The first-order valence-corrected chi connectivity index (χ1v) is 11.1. The first kappa shape index (κ1) is 19.0. The molecule has 1 aromatic heterocycles. The number of piperidine rings is 1. The lowest BCUT2D eigenvalue weighted by atomic mass is 9.91. The van der Waals surface area contributed by atoms with Gasteiger partial charge in [0.05, 0.1) is 0 Å². The molecule has 1 aliphatic heterocycles. The first-order valence-electron chi connectivity index (χ1n) is 9.60. The van der Waals surface area contributed by atoms with Gasteiger partial charge in [-0.15, -0.1) is 0 Å². The molecule has 1 saturated heterocycles. The normalized spacial score (nSPS) is 18.5. The Labute approximate surface area is 165 Å². The average Bonchev–Trinajstić information content (AvgIpc) is 3.09. The van der Waals surface area contributed by atoms with Gasteiger partial charge in [-0.1, -0.05) is 36.4 Å². The Morgan fingerprint density at radius 1 is 1.11 bits per heavy atom. The van der Waals surface area contributed by atoms with E-state index in [1.165, 1.54) is 16.8 Å². The van der Waals surface area contributed by atoms with E-state index in [9.17, 15) is 8.42 Å². The van der Waals surface area contributed by atoms with Gasteiger partial charge in [0.1, 0.15) is 15.9 Å². The Kier molecular flexibility index (Phi) is 5.43. The number of sulfonamides is 1. The zero-order chi connectivity index (χ0) is 19.6. The van der Waals surface area contributed by atoms with Crippen LogP contribution in [-0.4, -0.2) is 54.5 Å². The molecule has 0 amide bonds. The standard InChI is InChI=1S/C20H25N5O2S/c1-24-22-18-10-5-11-19(20(18)23-24)28(26,27)21-12-14-25-13-6-9-17(15-25)16-7-3-2-4-8-16/h2-5,7-8,10-11,17,21H,6,9,12-15H2,1H3/t17-/m0/s1. The number of likely N-dealkylation sites (tertiary alicyclic amines) is 1. The lowest BCUT2D eigenvalue weighted by molar-refractivity contribution is 0.211. The second-order valence-electron chi connectivity index (χ2n) is 7.26. The highest BCUT2D eigenvalue weighted by molar-refractivity contribution is 7.89. The predicted octanol–water partition coefficient (Wildman–Crippen LogP) is 2.13. The Hall–Kier alpha value is -2.29. The molecule has 0 aliphatic carbocycles. The molecule has 0 spiro atoms. The van der Waals surface area contributed by atoms with Crippen molar-refractivity contribution in [3.8, 4) is 0 Å². The van der Waals surface area contributed by atoms with Gasteiger partial charge in [-0.2, -0.15) is 15.0 Å². The molecule has 2 heterocycles. The molecule has 4 rings (SSSR count). The third-order valence-corrected chi connectivity index (χ3v) is 6.75. The van der Waals surface area contributed by atoms with E-state index in [0.29, 0.717) is 30.0 Å². The van der Waals surface area contributed by atoms with Gasteiger partial charge in [0, 0.05) is 26.7 Å². The molecule has 1 aliphatic rings. The summed E-state index contributed by atoms with van der Waals surface area (Å²) in [5.41, 5.74) is 2.34. The summed E-state index contributed by atoms with van der Waals surface area (Å²) in [7, 11) is -1.95. The molecular formula is C20H25N5O2S. The number of fused-ring (bicyclic) bond motifs is 1.